The van der Waals surface area contributed by atoms with Crippen LogP contribution in [0.5, 0.6) is 0 Å². The van der Waals surface area contributed by atoms with Crippen LogP contribution in [0.25, 0.3) is 5.70 Å². The Morgan fingerprint density at radius 1 is 1.75 bits per heavy atom. The van der Waals surface area contributed by atoms with Crippen molar-refractivity contribution in [2.75, 3.05) is 14.1 Å². The molecule has 0 saturated heterocycles. The Kier molecular flexibility index (Phi) is 2.83. The topological polar surface area (TPSA) is 39.9 Å². The monoisotopic (exact) mass is 179 g/mol. The summed E-state index contributed by atoms with van der Waals surface area (Å²) in [6, 6.07) is 2.00. The van der Waals surface area contributed by atoms with E-state index in [1.165, 1.54) is 17.4 Å². The van der Waals surface area contributed by atoms with Crippen LogP contribution in [0.2, 0.25) is 0 Å². The van der Waals surface area contributed by atoms with Gasteiger partial charge >= 0.3 is 0 Å². The number of thiazole rings is 1. The summed E-state index contributed by atoms with van der Waals surface area (Å²) >= 11 is 1.53. The molecule has 0 bridgehead atoms. The summed E-state index contributed by atoms with van der Waals surface area (Å²) in [6.07, 6.45) is 3.23. The van der Waals surface area contributed by atoms with Gasteiger partial charge in [0.15, 0.2) is 0 Å². The minimum Gasteiger partial charge on any atom is -0.375 e. The second kappa shape index (κ2) is 3.88. The SMILES string of the molecule is CN(C)C(=CC#N)c1nccs1. The fourth-order valence-corrected chi connectivity index (χ4v) is 1.53. The van der Waals surface area contributed by atoms with Crippen molar-refractivity contribution in [1.29, 1.82) is 5.26 Å². The fraction of sp³-hybridized carbons (Fsp3) is 0.250. The molecule has 0 fully saturated rings. The lowest BCUT2D eigenvalue weighted by molar-refractivity contribution is 0.591. The summed E-state index contributed by atoms with van der Waals surface area (Å²) in [5.74, 6) is 0. The van der Waals surface area contributed by atoms with Crippen LogP contribution in [-0.4, -0.2) is 24.0 Å². The van der Waals surface area contributed by atoms with Crippen LogP contribution in [0.4, 0.5) is 0 Å². The third kappa shape index (κ3) is 1.83. The predicted molar refractivity (Wildman–Crippen MR) is 49.4 cm³/mol. The van der Waals surface area contributed by atoms with E-state index in [0.717, 1.165) is 10.7 Å². The average Bonchev–Trinajstić information content (AvgIpc) is 2.51. The van der Waals surface area contributed by atoms with Crippen molar-refractivity contribution < 1.29 is 0 Å². The Balaban J connectivity index is 2.98. The largest absolute Gasteiger partial charge is 0.375 e. The second-order valence-corrected chi connectivity index (χ2v) is 3.28. The van der Waals surface area contributed by atoms with Gasteiger partial charge in [0.05, 0.1) is 11.8 Å². The lowest BCUT2D eigenvalue weighted by Gasteiger charge is -2.12. The van der Waals surface area contributed by atoms with E-state index < -0.39 is 0 Å². The maximum absolute atomic E-state index is 8.51. The molecule has 1 rings (SSSR count). The van der Waals surface area contributed by atoms with Gasteiger partial charge in [-0.15, -0.1) is 11.3 Å². The van der Waals surface area contributed by atoms with Gasteiger partial charge in [0, 0.05) is 31.7 Å². The molecule has 0 radical (unpaired) electrons. The molecular weight excluding hydrogens is 170 g/mol. The first-order chi connectivity index (χ1) is 5.75. The molecule has 0 aliphatic rings. The van der Waals surface area contributed by atoms with Crippen LogP contribution in [-0.2, 0) is 0 Å². The molecular formula is C8H9N3S. The van der Waals surface area contributed by atoms with Gasteiger partial charge < -0.3 is 4.90 Å². The van der Waals surface area contributed by atoms with E-state index in [2.05, 4.69) is 4.98 Å². The zero-order chi connectivity index (χ0) is 8.97. The van der Waals surface area contributed by atoms with Gasteiger partial charge in [0.2, 0.25) is 0 Å². The number of aromatic nitrogens is 1. The summed E-state index contributed by atoms with van der Waals surface area (Å²) in [6.45, 7) is 0. The first kappa shape index (κ1) is 8.75. The van der Waals surface area contributed by atoms with Crippen molar-refractivity contribution in [3.8, 4) is 6.07 Å². The highest BCUT2D eigenvalue weighted by molar-refractivity contribution is 7.10. The average molecular weight is 179 g/mol. The number of hydrogen-bond donors (Lipinski definition) is 0. The van der Waals surface area contributed by atoms with Gasteiger partial charge in [-0.1, -0.05) is 0 Å². The number of nitrogens with zero attached hydrogens (tertiary/aromatic N) is 3. The zero-order valence-electron chi connectivity index (χ0n) is 6.98. The van der Waals surface area contributed by atoms with Crippen molar-refractivity contribution >= 4 is 17.0 Å². The number of nitriles is 1. The van der Waals surface area contributed by atoms with Crippen LogP contribution in [0, 0.1) is 11.3 Å². The minimum absolute atomic E-state index is 0.854. The maximum atomic E-state index is 8.51. The molecule has 1 aromatic heterocycles. The highest BCUT2D eigenvalue weighted by Crippen LogP contribution is 2.17. The van der Waals surface area contributed by atoms with E-state index >= 15 is 0 Å². The lowest BCUT2D eigenvalue weighted by Crippen LogP contribution is -2.09. The van der Waals surface area contributed by atoms with E-state index in [1.54, 1.807) is 6.20 Å². The fourth-order valence-electron chi connectivity index (χ4n) is 0.793. The summed E-state index contributed by atoms with van der Waals surface area (Å²) in [5.41, 5.74) is 0.854. The maximum Gasteiger partial charge on any atom is 0.140 e. The highest BCUT2D eigenvalue weighted by Gasteiger charge is 2.05. The molecule has 0 spiro atoms. The standard InChI is InChI=1S/C8H9N3S/c1-11(2)7(3-4-9)8-10-5-6-12-8/h3,5-6H,1-2H3. The van der Waals surface area contributed by atoms with Gasteiger partial charge in [0.1, 0.15) is 5.01 Å². The van der Waals surface area contributed by atoms with E-state index in [9.17, 15) is 0 Å². The van der Waals surface area contributed by atoms with E-state index in [4.69, 9.17) is 5.26 Å². The first-order valence-electron chi connectivity index (χ1n) is 3.42. The molecule has 0 N–H and O–H groups in total. The van der Waals surface area contributed by atoms with Crippen LogP contribution in [0.3, 0.4) is 0 Å². The summed E-state index contributed by atoms with van der Waals surface area (Å²) in [4.78, 5) is 5.99. The van der Waals surface area contributed by atoms with E-state index in [1.807, 2.05) is 30.4 Å². The quantitative estimate of drug-likeness (QED) is 0.647. The molecule has 0 amide bonds. The van der Waals surface area contributed by atoms with Crippen molar-refractivity contribution in [3.63, 3.8) is 0 Å². The van der Waals surface area contributed by atoms with Crippen LogP contribution in [0.1, 0.15) is 5.01 Å². The van der Waals surface area contributed by atoms with Crippen molar-refractivity contribution in [2.45, 2.75) is 0 Å². The lowest BCUT2D eigenvalue weighted by atomic mass is 10.4. The molecule has 0 aliphatic heterocycles. The van der Waals surface area contributed by atoms with Crippen LogP contribution in [0.15, 0.2) is 17.7 Å². The number of rotatable bonds is 2. The molecule has 12 heavy (non-hydrogen) atoms. The molecule has 1 heterocycles. The van der Waals surface area contributed by atoms with Gasteiger partial charge in [0.25, 0.3) is 0 Å². The van der Waals surface area contributed by atoms with Gasteiger partial charge in [-0.3, -0.25) is 0 Å². The van der Waals surface area contributed by atoms with Crippen molar-refractivity contribution in [2.24, 2.45) is 0 Å². The molecule has 3 nitrogen and oxygen atoms in total. The molecule has 0 atom stereocenters. The molecule has 0 aliphatic carbocycles. The Labute approximate surface area is 75.6 Å². The Hall–Kier alpha value is -1.34. The molecule has 62 valence electrons. The minimum atomic E-state index is 0.854. The molecule has 1 aromatic rings. The Morgan fingerprint density at radius 2 is 2.50 bits per heavy atom. The summed E-state index contributed by atoms with van der Waals surface area (Å²) in [5, 5.41) is 11.3. The molecule has 0 unspecified atom stereocenters. The second-order valence-electron chi connectivity index (χ2n) is 2.39. The Bertz CT molecular complexity index is 306. The highest BCUT2D eigenvalue weighted by atomic mass is 32.1. The smallest absolute Gasteiger partial charge is 0.140 e. The number of allylic oxidation sites excluding steroid dienone is 1. The predicted octanol–water partition coefficient (Wildman–Crippen LogP) is 1.57. The van der Waals surface area contributed by atoms with Crippen LogP contribution < -0.4 is 0 Å². The van der Waals surface area contributed by atoms with E-state index in [0.29, 0.717) is 0 Å². The number of hydrogen-bond acceptors (Lipinski definition) is 4. The summed E-state index contributed by atoms with van der Waals surface area (Å²) in [7, 11) is 3.79. The molecule has 0 aromatic carbocycles. The Morgan fingerprint density at radius 3 is 2.92 bits per heavy atom. The van der Waals surface area contributed by atoms with Crippen LogP contribution >= 0.6 is 11.3 Å². The zero-order valence-corrected chi connectivity index (χ0v) is 7.80. The van der Waals surface area contributed by atoms with E-state index in [-0.39, 0.29) is 0 Å². The molecule has 0 saturated carbocycles. The van der Waals surface area contributed by atoms with Gasteiger partial charge in [-0.2, -0.15) is 5.26 Å². The van der Waals surface area contributed by atoms with Gasteiger partial charge in [-0.05, 0) is 0 Å². The van der Waals surface area contributed by atoms with Gasteiger partial charge in [-0.25, -0.2) is 4.98 Å². The molecule has 4 heteroatoms. The first-order valence-corrected chi connectivity index (χ1v) is 4.30. The summed E-state index contributed by atoms with van der Waals surface area (Å²) < 4.78 is 0. The van der Waals surface area contributed by atoms with Crippen molar-refractivity contribution in [3.05, 3.63) is 22.7 Å². The normalized spacial score (nSPS) is 10.9. The van der Waals surface area contributed by atoms with Crippen molar-refractivity contribution in [1.82, 2.24) is 9.88 Å². The third-order valence-corrected chi connectivity index (χ3v) is 2.13. The third-order valence-electron chi connectivity index (χ3n) is 1.33.